The second kappa shape index (κ2) is 8.78. The Hall–Kier alpha value is -3.02. The van der Waals surface area contributed by atoms with Crippen LogP contribution < -0.4 is 11.1 Å². The average Bonchev–Trinajstić information content (AvgIpc) is 2.73. The summed E-state index contributed by atoms with van der Waals surface area (Å²) in [5.41, 5.74) is 11.3. The lowest BCUT2D eigenvalue weighted by atomic mass is 9.90. The number of phenolic OH excluding ortho intramolecular Hbond substituents is 1. The number of aryl methyl sites for hydroxylation is 1. The van der Waals surface area contributed by atoms with Gasteiger partial charge in [0.25, 0.3) is 5.91 Å². The monoisotopic (exact) mass is 409 g/mol. The minimum absolute atomic E-state index is 0.0140. The van der Waals surface area contributed by atoms with Crippen LogP contribution in [0, 0.1) is 20.8 Å². The van der Waals surface area contributed by atoms with Crippen LogP contribution in [0.3, 0.4) is 0 Å². The zero-order chi connectivity index (χ0) is 22.0. The summed E-state index contributed by atoms with van der Waals surface area (Å²) >= 11 is 0. The van der Waals surface area contributed by atoms with Gasteiger partial charge in [-0.25, -0.2) is 0 Å². The van der Waals surface area contributed by atoms with Gasteiger partial charge in [-0.3, -0.25) is 9.59 Å². The van der Waals surface area contributed by atoms with E-state index < -0.39 is 6.04 Å². The van der Waals surface area contributed by atoms with Gasteiger partial charge < -0.3 is 21.1 Å². The van der Waals surface area contributed by atoms with Crippen molar-refractivity contribution in [1.29, 1.82) is 0 Å². The van der Waals surface area contributed by atoms with E-state index in [1.807, 2.05) is 32.9 Å². The van der Waals surface area contributed by atoms with E-state index in [1.165, 1.54) is 0 Å². The van der Waals surface area contributed by atoms with Crippen molar-refractivity contribution in [3.63, 3.8) is 0 Å². The number of nitrogens with two attached hydrogens (primary N) is 1. The third kappa shape index (κ3) is 4.13. The number of nitrogen functional groups attached to an aromatic ring is 1. The van der Waals surface area contributed by atoms with E-state index in [0.29, 0.717) is 36.3 Å². The van der Waals surface area contributed by atoms with E-state index in [-0.39, 0.29) is 17.6 Å². The first-order valence-electron chi connectivity index (χ1n) is 10.5. The molecule has 1 aliphatic heterocycles. The lowest BCUT2D eigenvalue weighted by Gasteiger charge is -2.37. The first-order chi connectivity index (χ1) is 14.2. The predicted octanol–water partition coefficient (Wildman–Crippen LogP) is 4.15. The number of aromatic hydroxyl groups is 1. The van der Waals surface area contributed by atoms with Gasteiger partial charge in [0.05, 0.1) is 0 Å². The Balaban J connectivity index is 1.99. The Morgan fingerprint density at radius 1 is 1.20 bits per heavy atom. The van der Waals surface area contributed by atoms with E-state index in [1.54, 1.807) is 24.0 Å². The molecule has 1 atom stereocenters. The second-order valence-corrected chi connectivity index (χ2v) is 8.13. The number of nitrogens with zero attached hydrogens (tertiary/aromatic N) is 1. The van der Waals surface area contributed by atoms with Crippen molar-refractivity contribution < 1.29 is 14.7 Å². The normalized spacial score (nSPS) is 15.6. The molecule has 0 saturated heterocycles. The Kier molecular flexibility index (Phi) is 6.34. The van der Waals surface area contributed by atoms with E-state index in [4.69, 9.17) is 5.73 Å². The van der Waals surface area contributed by atoms with Crippen molar-refractivity contribution in [2.24, 2.45) is 0 Å². The molecule has 2 aromatic rings. The van der Waals surface area contributed by atoms with Gasteiger partial charge in [-0.05, 0) is 79.6 Å². The fourth-order valence-electron chi connectivity index (χ4n) is 4.06. The molecule has 30 heavy (non-hydrogen) atoms. The maximum absolute atomic E-state index is 13.5. The number of carbonyl (C=O) groups excluding carboxylic acids is 2. The molecule has 1 aliphatic rings. The van der Waals surface area contributed by atoms with Gasteiger partial charge in [-0.2, -0.15) is 0 Å². The number of anilines is 2. The molecule has 6 heteroatoms. The van der Waals surface area contributed by atoms with Crippen molar-refractivity contribution in [3.8, 4) is 5.75 Å². The van der Waals surface area contributed by atoms with E-state index in [0.717, 1.165) is 35.1 Å². The molecule has 6 nitrogen and oxygen atoms in total. The number of phenols is 1. The number of benzene rings is 2. The van der Waals surface area contributed by atoms with Gasteiger partial charge in [0, 0.05) is 24.3 Å². The summed E-state index contributed by atoms with van der Waals surface area (Å²) in [6.07, 6.45) is 2.84. The summed E-state index contributed by atoms with van der Waals surface area (Å²) in [6, 6.07) is 6.62. The van der Waals surface area contributed by atoms with Crippen LogP contribution in [-0.2, 0) is 16.0 Å². The molecule has 3 rings (SSSR count). The summed E-state index contributed by atoms with van der Waals surface area (Å²) < 4.78 is 0. The van der Waals surface area contributed by atoms with Gasteiger partial charge >= 0.3 is 0 Å². The van der Waals surface area contributed by atoms with Gasteiger partial charge in [0.15, 0.2) is 0 Å². The van der Waals surface area contributed by atoms with E-state index in [9.17, 15) is 14.7 Å². The molecule has 2 aromatic carbocycles. The Morgan fingerprint density at radius 3 is 2.63 bits per heavy atom. The number of fused-ring (bicyclic) bond motifs is 1. The Bertz CT molecular complexity index is 984. The number of hydrogen-bond donors (Lipinski definition) is 3. The van der Waals surface area contributed by atoms with Crippen molar-refractivity contribution in [2.45, 2.75) is 59.4 Å². The second-order valence-electron chi connectivity index (χ2n) is 8.13. The molecular weight excluding hydrogens is 378 g/mol. The number of rotatable bonds is 5. The zero-order valence-corrected chi connectivity index (χ0v) is 18.2. The first-order valence-corrected chi connectivity index (χ1v) is 10.5. The van der Waals surface area contributed by atoms with Crippen LogP contribution in [0.25, 0.3) is 0 Å². The van der Waals surface area contributed by atoms with Crippen molar-refractivity contribution in [2.75, 3.05) is 17.6 Å². The SMILES string of the molecule is CCCCC(=O)N1CCc2ccc(N)cc2C1C(=O)Nc1cc(C)c(O)c(C)c1C. The van der Waals surface area contributed by atoms with Crippen LogP contribution in [0.2, 0.25) is 0 Å². The fourth-order valence-corrected chi connectivity index (χ4v) is 4.06. The quantitative estimate of drug-likeness (QED) is 0.510. The van der Waals surface area contributed by atoms with Gasteiger partial charge in [-0.1, -0.05) is 19.4 Å². The first kappa shape index (κ1) is 21.7. The van der Waals surface area contributed by atoms with Crippen molar-refractivity contribution in [1.82, 2.24) is 4.90 Å². The third-order valence-electron chi connectivity index (χ3n) is 6.03. The molecule has 0 saturated carbocycles. The molecule has 0 aliphatic carbocycles. The van der Waals surface area contributed by atoms with E-state index in [2.05, 4.69) is 5.32 Å². The highest BCUT2D eigenvalue weighted by atomic mass is 16.3. The highest BCUT2D eigenvalue weighted by Crippen LogP contribution is 2.35. The number of hydrogen-bond acceptors (Lipinski definition) is 4. The van der Waals surface area contributed by atoms with Crippen LogP contribution >= 0.6 is 0 Å². The van der Waals surface area contributed by atoms with E-state index >= 15 is 0 Å². The van der Waals surface area contributed by atoms with Crippen LogP contribution in [0.5, 0.6) is 5.75 Å². The number of amides is 2. The molecule has 0 bridgehead atoms. The van der Waals surface area contributed by atoms with Crippen LogP contribution in [-0.4, -0.2) is 28.4 Å². The molecule has 1 unspecified atom stereocenters. The summed E-state index contributed by atoms with van der Waals surface area (Å²) in [6.45, 7) is 8.03. The third-order valence-corrected chi connectivity index (χ3v) is 6.03. The van der Waals surface area contributed by atoms with Crippen LogP contribution in [0.15, 0.2) is 24.3 Å². The summed E-state index contributed by atoms with van der Waals surface area (Å²) in [4.78, 5) is 28.1. The average molecular weight is 410 g/mol. The zero-order valence-electron chi connectivity index (χ0n) is 18.2. The molecule has 0 aromatic heterocycles. The fraction of sp³-hybridized carbons (Fsp3) is 0.417. The minimum Gasteiger partial charge on any atom is -0.507 e. The lowest BCUT2D eigenvalue weighted by molar-refractivity contribution is -0.139. The van der Waals surface area contributed by atoms with Crippen LogP contribution in [0.4, 0.5) is 11.4 Å². The van der Waals surface area contributed by atoms with Gasteiger partial charge in [0.1, 0.15) is 11.8 Å². The number of unbranched alkanes of at least 4 members (excludes halogenated alkanes) is 1. The van der Waals surface area contributed by atoms with Gasteiger partial charge in [-0.15, -0.1) is 0 Å². The predicted molar refractivity (Wildman–Crippen MR) is 119 cm³/mol. The Morgan fingerprint density at radius 2 is 1.93 bits per heavy atom. The number of nitrogens with one attached hydrogen (secondary N) is 1. The molecule has 2 amide bonds. The molecule has 4 N–H and O–H groups in total. The highest BCUT2D eigenvalue weighted by Gasteiger charge is 2.36. The van der Waals surface area contributed by atoms with Crippen molar-refractivity contribution >= 4 is 23.2 Å². The molecule has 0 spiro atoms. The maximum atomic E-state index is 13.5. The highest BCUT2D eigenvalue weighted by molar-refractivity contribution is 5.99. The molecule has 0 fully saturated rings. The van der Waals surface area contributed by atoms with Gasteiger partial charge in [0.2, 0.25) is 5.91 Å². The Labute approximate surface area is 178 Å². The molecule has 1 heterocycles. The topological polar surface area (TPSA) is 95.7 Å². The summed E-state index contributed by atoms with van der Waals surface area (Å²) in [7, 11) is 0. The summed E-state index contributed by atoms with van der Waals surface area (Å²) in [5.74, 6) is -0.0449. The summed E-state index contributed by atoms with van der Waals surface area (Å²) in [5, 5.41) is 13.2. The number of carbonyl (C=O) groups is 2. The molecule has 160 valence electrons. The van der Waals surface area contributed by atoms with Crippen molar-refractivity contribution in [3.05, 3.63) is 52.1 Å². The lowest BCUT2D eigenvalue weighted by Crippen LogP contribution is -2.45. The smallest absolute Gasteiger partial charge is 0.251 e. The minimum atomic E-state index is -0.726. The molecular formula is C24H31N3O3. The van der Waals surface area contributed by atoms with Crippen LogP contribution in [0.1, 0.15) is 60.0 Å². The standard InChI is InChI=1S/C24H31N3O3/c1-5-6-7-21(28)27-11-10-17-8-9-18(25)13-19(17)22(27)24(30)26-20-12-14(2)23(29)16(4)15(20)3/h8-9,12-13,22,29H,5-7,10-11,25H2,1-4H3,(H,26,30). The largest absolute Gasteiger partial charge is 0.507 e. The maximum Gasteiger partial charge on any atom is 0.251 e. The molecule has 0 radical (unpaired) electrons.